The molecule has 0 spiro atoms. The van der Waals surface area contributed by atoms with E-state index in [1.165, 1.54) is 30.3 Å². The molecule has 0 aromatic heterocycles. The molecule has 3 aromatic carbocycles. The van der Waals surface area contributed by atoms with E-state index in [0.29, 0.717) is 5.69 Å². The zero-order valence-corrected chi connectivity index (χ0v) is 17.8. The normalized spacial score (nSPS) is 11.2. The first-order valence-electron chi connectivity index (χ1n) is 9.39. The van der Waals surface area contributed by atoms with Gasteiger partial charge in [0.25, 0.3) is 10.0 Å². The molecule has 30 heavy (non-hydrogen) atoms. The number of halogens is 1. The molecule has 1 amide bonds. The first-order valence-corrected chi connectivity index (χ1v) is 10.8. The number of aryl methyl sites for hydroxylation is 3. The van der Waals surface area contributed by atoms with Gasteiger partial charge in [0.15, 0.2) is 0 Å². The van der Waals surface area contributed by atoms with Crippen molar-refractivity contribution in [1.82, 2.24) is 0 Å². The van der Waals surface area contributed by atoms with E-state index in [2.05, 4.69) is 5.32 Å². The van der Waals surface area contributed by atoms with Gasteiger partial charge in [-0.1, -0.05) is 35.9 Å². The van der Waals surface area contributed by atoms with Gasteiger partial charge in [-0.05, 0) is 68.3 Å². The fraction of sp³-hybridized carbons (Fsp3) is 0.174. The van der Waals surface area contributed by atoms with Crippen LogP contribution in [0.15, 0.2) is 71.6 Å². The maximum atomic E-state index is 14.5. The van der Waals surface area contributed by atoms with Gasteiger partial charge < -0.3 is 5.32 Å². The molecule has 5 nitrogen and oxygen atoms in total. The van der Waals surface area contributed by atoms with Gasteiger partial charge in [0, 0.05) is 5.69 Å². The van der Waals surface area contributed by atoms with Gasteiger partial charge in [-0.25, -0.2) is 12.8 Å². The Morgan fingerprint density at radius 1 is 0.900 bits per heavy atom. The second kappa shape index (κ2) is 8.67. The number of carbonyl (C=O) groups is 1. The summed E-state index contributed by atoms with van der Waals surface area (Å²) in [5.41, 5.74) is 3.18. The van der Waals surface area contributed by atoms with Crippen LogP contribution in [0.3, 0.4) is 0 Å². The minimum atomic E-state index is -4.16. The molecule has 0 saturated carbocycles. The molecule has 0 unspecified atom stereocenters. The summed E-state index contributed by atoms with van der Waals surface area (Å²) in [5, 5.41) is 2.71. The topological polar surface area (TPSA) is 66.5 Å². The molecule has 7 heteroatoms. The molecule has 3 aromatic rings. The highest BCUT2D eigenvalue weighted by molar-refractivity contribution is 7.92. The van der Waals surface area contributed by atoms with Crippen LogP contribution in [0.4, 0.5) is 15.8 Å². The van der Waals surface area contributed by atoms with Gasteiger partial charge in [-0.15, -0.1) is 0 Å². The van der Waals surface area contributed by atoms with E-state index in [0.717, 1.165) is 27.1 Å². The Hall–Kier alpha value is -3.19. The Kier molecular flexibility index (Phi) is 6.22. The molecule has 156 valence electrons. The number of para-hydroxylation sites is 1. The number of nitrogens with one attached hydrogen (secondary N) is 1. The summed E-state index contributed by atoms with van der Waals surface area (Å²) in [7, 11) is -4.16. The lowest BCUT2D eigenvalue weighted by Crippen LogP contribution is -2.38. The third kappa shape index (κ3) is 4.86. The summed E-state index contributed by atoms with van der Waals surface area (Å²) in [6.45, 7) is 5.07. The molecule has 0 radical (unpaired) electrons. The van der Waals surface area contributed by atoms with Crippen LogP contribution in [0.2, 0.25) is 0 Å². The van der Waals surface area contributed by atoms with Crippen molar-refractivity contribution in [2.24, 2.45) is 0 Å². The first-order chi connectivity index (χ1) is 14.2. The van der Waals surface area contributed by atoms with E-state index in [1.54, 1.807) is 24.3 Å². The highest BCUT2D eigenvalue weighted by Crippen LogP contribution is 2.26. The van der Waals surface area contributed by atoms with Crippen molar-refractivity contribution in [3.63, 3.8) is 0 Å². The fourth-order valence-electron chi connectivity index (χ4n) is 3.17. The largest absolute Gasteiger partial charge is 0.324 e. The monoisotopic (exact) mass is 426 g/mol. The number of hydrogen-bond acceptors (Lipinski definition) is 3. The van der Waals surface area contributed by atoms with Crippen LogP contribution in [-0.4, -0.2) is 20.9 Å². The standard InChI is InChI=1S/C23H23FN2O3S/c1-16-8-10-20(11-9-16)30(28,29)26(22-7-5-4-6-21(22)24)15-23(27)25-19-13-17(2)12-18(3)14-19/h4-14H,15H2,1-3H3,(H,25,27). The molecular weight excluding hydrogens is 403 g/mol. The van der Waals surface area contributed by atoms with Crippen LogP contribution < -0.4 is 9.62 Å². The second-order valence-corrected chi connectivity index (χ2v) is 9.06. The van der Waals surface area contributed by atoms with E-state index in [4.69, 9.17) is 0 Å². The summed E-state index contributed by atoms with van der Waals surface area (Å²) in [6.07, 6.45) is 0. The summed E-state index contributed by atoms with van der Waals surface area (Å²) in [6, 6.07) is 17.2. The number of anilines is 2. The first kappa shape index (κ1) is 21.5. The van der Waals surface area contributed by atoms with Crippen LogP contribution in [0.1, 0.15) is 16.7 Å². The molecule has 0 fully saturated rings. The van der Waals surface area contributed by atoms with E-state index < -0.39 is 28.3 Å². The Labute approximate surface area is 176 Å². The lowest BCUT2D eigenvalue weighted by molar-refractivity contribution is -0.114. The summed E-state index contributed by atoms with van der Waals surface area (Å²) in [4.78, 5) is 12.7. The number of hydrogen-bond donors (Lipinski definition) is 1. The van der Waals surface area contributed by atoms with Crippen LogP contribution in [-0.2, 0) is 14.8 Å². The van der Waals surface area contributed by atoms with Crippen LogP contribution in [0.5, 0.6) is 0 Å². The zero-order chi connectivity index (χ0) is 21.9. The van der Waals surface area contributed by atoms with Crippen LogP contribution in [0, 0.1) is 26.6 Å². The molecule has 3 rings (SSSR count). The summed E-state index contributed by atoms with van der Waals surface area (Å²) >= 11 is 0. The third-order valence-electron chi connectivity index (χ3n) is 4.52. The number of nitrogens with zero attached hydrogens (tertiary/aromatic N) is 1. The average molecular weight is 427 g/mol. The molecule has 0 bridgehead atoms. The third-order valence-corrected chi connectivity index (χ3v) is 6.30. The van der Waals surface area contributed by atoms with Gasteiger partial charge in [0.2, 0.25) is 5.91 Å². The van der Waals surface area contributed by atoms with Crippen molar-refractivity contribution in [3.8, 4) is 0 Å². The number of rotatable bonds is 6. The minimum Gasteiger partial charge on any atom is -0.324 e. The molecule has 0 heterocycles. The number of benzene rings is 3. The minimum absolute atomic E-state index is 0.0180. The van der Waals surface area contributed by atoms with Crippen molar-refractivity contribution in [2.75, 3.05) is 16.2 Å². The predicted octanol–water partition coefficient (Wildman–Crippen LogP) is 4.58. The van der Waals surface area contributed by atoms with Gasteiger partial charge in [-0.2, -0.15) is 0 Å². The number of sulfonamides is 1. The molecule has 0 aliphatic carbocycles. The van der Waals surface area contributed by atoms with Crippen LogP contribution in [0.25, 0.3) is 0 Å². The number of amides is 1. The predicted molar refractivity (Wildman–Crippen MR) is 117 cm³/mol. The maximum Gasteiger partial charge on any atom is 0.264 e. The summed E-state index contributed by atoms with van der Waals surface area (Å²) < 4.78 is 41.8. The number of carbonyl (C=O) groups excluding carboxylic acids is 1. The van der Waals surface area contributed by atoms with E-state index in [9.17, 15) is 17.6 Å². The van der Waals surface area contributed by atoms with Crippen molar-refractivity contribution in [2.45, 2.75) is 25.7 Å². The molecular formula is C23H23FN2O3S. The lowest BCUT2D eigenvalue weighted by Gasteiger charge is -2.24. The lowest BCUT2D eigenvalue weighted by atomic mass is 10.1. The Morgan fingerprint density at radius 3 is 2.10 bits per heavy atom. The summed E-state index contributed by atoms with van der Waals surface area (Å²) in [5.74, 6) is -1.30. The van der Waals surface area contributed by atoms with Gasteiger partial charge in [0.05, 0.1) is 10.6 Å². The van der Waals surface area contributed by atoms with Crippen molar-refractivity contribution >= 4 is 27.3 Å². The maximum absolute atomic E-state index is 14.5. The van der Waals surface area contributed by atoms with Gasteiger partial charge in [-0.3, -0.25) is 9.10 Å². The van der Waals surface area contributed by atoms with Crippen molar-refractivity contribution in [3.05, 3.63) is 89.2 Å². The van der Waals surface area contributed by atoms with E-state index >= 15 is 0 Å². The smallest absolute Gasteiger partial charge is 0.264 e. The average Bonchev–Trinajstić information content (AvgIpc) is 2.66. The molecule has 1 N–H and O–H groups in total. The van der Waals surface area contributed by atoms with E-state index in [1.807, 2.05) is 26.8 Å². The Bertz CT molecular complexity index is 1160. The molecule has 0 aliphatic heterocycles. The van der Waals surface area contributed by atoms with Crippen LogP contribution >= 0.6 is 0 Å². The Morgan fingerprint density at radius 2 is 1.50 bits per heavy atom. The molecule has 0 saturated heterocycles. The van der Waals surface area contributed by atoms with Gasteiger partial charge in [0.1, 0.15) is 12.4 Å². The Balaban J connectivity index is 1.97. The fourth-order valence-corrected chi connectivity index (χ4v) is 4.60. The van der Waals surface area contributed by atoms with Crippen molar-refractivity contribution < 1.29 is 17.6 Å². The quantitative estimate of drug-likeness (QED) is 0.627. The second-order valence-electron chi connectivity index (χ2n) is 7.20. The zero-order valence-electron chi connectivity index (χ0n) is 17.0. The highest BCUT2D eigenvalue weighted by atomic mass is 32.2. The SMILES string of the molecule is Cc1ccc(S(=O)(=O)N(CC(=O)Nc2cc(C)cc(C)c2)c2ccccc2F)cc1. The van der Waals surface area contributed by atoms with Gasteiger partial charge >= 0.3 is 0 Å². The molecule has 0 aliphatic rings. The molecule has 0 atom stereocenters. The van der Waals surface area contributed by atoms with Crippen molar-refractivity contribution in [1.29, 1.82) is 0 Å². The highest BCUT2D eigenvalue weighted by Gasteiger charge is 2.29. The van der Waals surface area contributed by atoms with E-state index in [-0.39, 0.29) is 10.6 Å².